The second-order valence-electron chi connectivity index (χ2n) is 6.05. The van der Waals surface area contributed by atoms with Crippen LogP contribution in [0.15, 0.2) is 65.7 Å². The number of ether oxygens (including phenoxy) is 2. The van der Waals surface area contributed by atoms with Crippen molar-refractivity contribution in [3.8, 4) is 11.5 Å². The van der Waals surface area contributed by atoms with E-state index in [2.05, 4.69) is 15.0 Å². The van der Waals surface area contributed by atoms with E-state index in [0.29, 0.717) is 17.3 Å². The molecule has 0 bridgehead atoms. The number of rotatable bonds is 7. The largest absolute Gasteiger partial charge is 0.497 e. The molecule has 2 aromatic carbocycles. The molecule has 3 rings (SSSR count). The van der Waals surface area contributed by atoms with Crippen LogP contribution in [0.2, 0.25) is 0 Å². The van der Waals surface area contributed by atoms with Gasteiger partial charge in [0, 0.05) is 11.8 Å². The molecular formula is C20H21N3O4S. The minimum absolute atomic E-state index is 0.0118. The van der Waals surface area contributed by atoms with Gasteiger partial charge in [0.2, 0.25) is 0 Å². The lowest BCUT2D eigenvalue weighted by molar-refractivity contribution is 0.386. The van der Waals surface area contributed by atoms with Crippen molar-refractivity contribution in [1.82, 2.24) is 4.98 Å². The third-order valence-corrected chi connectivity index (χ3v) is 5.39. The van der Waals surface area contributed by atoms with E-state index < -0.39 is 10.0 Å². The number of aryl methyl sites for hydroxylation is 1. The molecule has 0 atom stereocenters. The van der Waals surface area contributed by atoms with Crippen molar-refractivity contribution in [1.29, 1.82) is 0 Å². The van der Waals surface area contributed by atoms with Crippen molar-refractivity contribution < 1.29 is 17.9 Å². The van der Waals surface area contributed by atoms with Gasteiger partial charge in [0.25, 0.3) is 10.0 Å². The Balaban J connectivity index is 1.78. The number of methoxy groups -OCH3 is 2. The SMILES string of the molecule is COc1ccc(S(=O)(=O)Nc2ccc(Nc3cccc(C)c3)nc2)c(OC)c1. The molecule has 2 N–H and O–H groups in total. The second kappa shape index (κ2) is 8.18. The Hall–Kier alpha value is -3.26. The average Bonchev–Trinajstić information content (AvgIpc) is 2.68. The summed E-state index contributed by atoms with van der Waals surface area (Å²) in [5.41, 5.74) is 2.37. The van der Waals surface area contributed by atoms with Crippen LogP contribution in [0, 0.1) is 6.92 Å². The van der Waals surface area contributed by atoms with Gasteiger partial charge < -0.3 is 14.8 Å². The number of anilines is 3. The van der Waals surface area contributed by atoms with Gasteiger partial charge in [-0.05, 0) is 48.9 Å². The Labute approximate surface area is 164 Å². The van der Waals surface area contributed by atoms with Gasteiger partial charge in [-0.3, -0.25) is 4.72 Å². The number of benzene rings is 2. The average molecular weight is 399 g/mol. The number of sulfonamides is 1. The Morgan fingerprint density at radius 2 is 1.75 bits per heavy atom. The third-order valence-electron chi connectivity index (χ3n) is 3.97. The molecule has 1 aromatic heterocycles. The van der Waals surface area contributed by atoms with E-state index in [9.17, 15) is 8.42 Å². The number of nitrogens with one attached hydrogen (secondary N) is 2. The summed E-state index contributed by atoms with van der Waals surface area (Å²) in [6, 6.07) is 15.7. The van der Waals surface area contributed by atoms with Gasteiger partial charge >= 0.3 is 0 Å². The molecule has 3 aromatic rings. The Kier molecular flexibility index (Phi) is 5.70. The van der Waals surface area contributed by atoms with E-state index in [-0.39, 0.29) is 10.6 Å². The number of hydrogen-bond donors (Lipinski definition) is 2. The first-order valence-corrected chi connectivity index (χ1v) is 9.94. The smallest absolute Gasteiger partial charge is 0.265 e. The van der Waals surface area contributed by atoms with Crippen molar-refractivity contribution in [2.75, 3.05) is 24.3 Å². The van der Waals surface area contributed by atoms with Gasteiger partial charge in [0.15, 0.2) is 0 Å². The van der Waals surface area contributed by atoms with Crippen molar-refractivity contribution in [3.63, 3.8) is 0 Å². The van der Waals surface area contributed by atoms with E-state index in [0.717, 1.165) is 11.3 Å². The fraction of sp³-hybridized carbons (Fsp3) is 0.150. The Morgan fingerprint density at radius 3 is 2.39 bits per heavy atom. The molecule has 0 fully saturated rings. The second-order valence-corrected chi connectivity index (χ2v) is 7.70. The summed E-state index contributed by atoms with van der Waals surface area (Å²) in [6.45, 7) is 2.00. The van der Waals surface area contributed by atoms with Gasteiger partial charge in [-0.15, -0.1) is 0 Å². The van der Waals surface area contributed by atoms with Crippen LogP contribution >= 0.6 is 0 Å². The normalized spacial score (nSPS) is 11.0. The molecule has 146 valence electrons. The lowest BCUT2D eigenvalue weighted by atomic mass is 10.2. The zero-order valence-electron chi connectivity index (χ0n) is 15.8. The van der Waals surface area contributed by atoms with Crippen LogP contribution in [-0.4, -0.2) is 27.6 Å². The predicted octanol–water partition coefficient (Wildman–Crippen LogP) is 3.95. The highest BCUT2D eigenvalue weighted by Crippen LogP contribution is 2.30. The summed E-state index contributed by atoms with van der Waals surface area (Å²) in [5, 5.41) is 3.18. The summed E-state index contributed by atoms with van der Waals surface area (Å²) in [5.74, 6) is 1.30. The minimum atomic E-state index is -3.85. The third kappa shape index (κ3) is 4.52. The Morgan fingerprint density at radius 1 is 0.929 bits per heavy atom. The van der Waals surface area contributed by atoms with Crippen LogP contribution in [0.1, 0.15) is 5.56 Å². The highest BCUT2D eigenvalue weighted by atomic mass is 32.2. The van der Waals surface area contributed by atoms with E-state index in [1.54, 1.807) is 18.2 Å². The molecule has 28 heavy (non-hydrogen) atoms. The highest BCUT2D eigenvalue weighted by molar-refractivity contribution is 7.92. The summed E-state index contributed by atoms with van der Waals surface area (Å²) in [6.07, 6.45) is 1.45. The standard InChI is InChI=1S/C20H21N3O4S/c1-14-5-4-6-15(11-14)22-20-10-7-16(13-21-20)23-28(24,25)19-9-8-17(26-2)12-18(19)27-3/h4-13,23H,1-3H3,(H,21,22). The molecule has 0 saturated heterocycles. The quantitative estimate of drug-likeness (QED) is 0.625. The van der Waals surface area contributed by atoms with E-state index in [1.807, 2.05) is 31.2 Å². The molecule has 0 amide bonds. The number of aromatic nitrogens is 1. The van der Waals surface area contributed by atoms with Crippen LogP contribution in [0.3, 0.4) is 0 Å². The fourth-order valence-corrected chi connectivity index (χ4v) is 3.80. The molecule has 0 aliphatic heterocycles. The first-order chi connectivity index (χ1) is 13.4. The summed E-state index contributed by atoms with van der Waals surface area (Å²) in [7, 11) is -0.946. The molecule has 0 aliphatic carbocycles. The maximum absolute atomic E-state index is 12.7. The number of pyridine rings is 1. The zero-order chi connectivity index (χ0) is 20.1. The summed E-state index contributed by atoms with van der Waals surface area (Å²) >= 11 is 0. The predicted molar refractivity (Wildman–Crippen MR) is 109 cm³/mol. The molecule has 0 unspecified atom stereocenters. The monoisotopic (exact) mass is 399 g/mol. The molecule has 8 heteroatoms. The Bertz CT molecular complexity index is 1070. The van der Waals surface area contributed by atoms with Crippen molar-refractivity contribution in [3.05, 3.63) is 66.4 Å². The molecule has 0 spiro atoms. The molecule has 7 nitrogen and oxygen atoms in total. The van der Waals surface area contributed by atoms with Crippen LogP contribution in [0.5, 0.6) is 11.5 Å². The molecular weight excluding hydrogens is 378 g/mol. The maximum atomic E-state index is 12.7. The van der Waals surface area contributed by atoms with E-state index in [4.69, 9.17) is 9.47 Å². The maximum Gasteiger partial charge on any atom is 0.265 e. The van der Waals surface area contributed by atoms with Crippen LogP contribution in [-0.2, 0) is 10.0 Å². The number of hydrogen-bond acceptors (Lipinski definition) is 6. The van der Waals surface area contributed by atoms with Crippen molar-refractivity contribution in [2.24, 2.45) is 0 Å². The fourth-order valence-electron chi connectivity index (χ4n) is 2.61. The van der Waals surface area contributed by atoms with Crippen molar-refractivity contribution >= 4 is 27.2 Å². The van der Waals surface area contributed by atoms with E-state index >= 15 is 0 Å². The van der Waals surface area contributed by atoms with E-state index in [1.165, 1.54) is 32.5 Å². The first kappa shape index (κ1) is 19.5. The van der Waals surface area contributed by atoms with Gasteiger partial charge in [-0.2, -0.15) is 0 Å². The number of nitrogens with zero attached hydrogens (tertiary/aromatic N) is 1. The van der Waals surface area contributed by atoms with Crippen LogP contribution < -0.4 is 19.5 Å². The topological polar surface area (TPSA) is 89.6 Å². The lowest BCUT2D eigenvalue weighted by Crippen LogP contribution is -2.14. The minimum Gasteiger partial charge on any atom is -0.497 e. The zero-order valence-corrected chi connectivity index (χ0v) is 16.6. The highest BCUT2D eigenvalue weighted by Gasteiger charge is 2.20. The molecule has 0 saturated carbocycles. The molecule has 0 radical (unpaired) electrons. The van der Waals surface area contributed by atoms with Crippen LogP contribution in [0.25, 0.3) is 0 Å². The first-order valence-electron chi connectivity index (χ1n) is 8.46. The molecule has 1 heterocycles. The molecule has 0 aliphatic rings. The van der Waals surface area contributed by atoms with Crippen molar-refractivity contribution in [2.45, 2.75) is 11.8 Å². The van der Waals surface area contributed by atoms with Gasteiger partial charge in [0.1, 0.15) is 22.2 Å². The lowest BCUT2D eigenvalue weighted by Gasteiger charge is -2.13. The summed E-state index contributed by atoms with van der Waals surface area (Å²) < 4.78 is 38.2. The van der Waals surface area contributed by atoms with Crippen LogP contribution in [0.4, 0.5) is 17.2 Å². The summed E-state index contributed by atoms with van der Waals surface area (Å²) in [4.78, 5) is 4.27. The van der Waals surface area contributed by atoms with Gasteiger partial charge in [-0.1, -0.05) is 12.1 Å². The van der Waals surface area contributed by atoms with Gasteiger partial charge in [0.05, 0.1) is 26.1 Å². The van der Waals surface area contributed by atoms with Gasteiger partial charge in [-0.25, -0.2) is 13.4 Å².